The fourth-order valence-corrected chi connectivity index (χ4v) is 3.51. The summed E-state index contributed by atoms with van der Waals surface area (Å²) < 4.78 is 26.4. The number of hydrogen-bond donors (Lipinski definition) is 4. The largest absolute Gasteiger partial charge is 0.494 e. The molecule has 7 nitrogen and oxygen atoms in total. The molecule has 0 aliphatic rings. The van der Waals surface area contributed by atoms with Crippen LogP contribution in [0.4, 0.5) is 0 Å². The molecule has 4 N–H and O–H groups in total. The lowest BCUT2D eigenvalue weighted by molar-refractivity contribution is 0.460. The van der Waals surface area contributed by atoms with Crippen molar-refractivity contribution in [2.45, 2.75) is 4.90 Å². The van der Waals surface area contributed by atoms with Gasteiger partial charge in [-0.2, -0.15) is 0 Å². The van der Waals surface area contributed by atoms with E-state index >= 15 is 0 Å². The van der Waals surface area contributed by atoms with Gasteiger partial charge in [0, 0.05) is 10.9 Å². The van der Waals surface area contributed by atoms with Crippen LogP contribution in [0.25, 0.3) is 33.3 Å². The molecule has 0 amide bonds. The van der Waals surface area contributed by atoms with Crippen molar-refractivity contribution in [2.75, 3.05) is 7.05 Å². The summed E-state index contributed by atoms with van der Waals surface area (Å²) in [4.78, 5) is 10.6. The Hall–Kier alpha value is -2.84. The maximum absolute atomic E-state index is 12.0. The molecule has 4 aromatic rings. The lowest BCUT2D eigenvalue weighted by atomic mass is 10.1. The van der Waals surface area contributed by atoms with Crippen LogP contribution in [0.5, 0.6) is 5.88 Å². The maximum atomic E-state index is 12.0. The van der Waals surface area contributed by atoms with Crippen LogP contribution in [0, 0.1) is 0 Å². The zero-order valence-electron chi connectivity index (χ0n) is 12.7. The number of H-pyrrole nitrogens is 2. The maximum Gasteiger partial charge on any atom is 0.240 e. The normalized spacial score (nSPS) is 12.2. The van der Waals surface area contributed by atoms with E-state index in [0.29, 0.717) is 22.3 Å². The average Bonchev–Trinajstić information content (AvgIpc) is 3.13. The molecule has 2 aromatic heterocycles. The molecule has 0 saturated carbocycles. The third-order valence-corrected chi connectivity index (χ3v) is 5.37. The molecular weight excluding hydrogens is 328 g/mol. The lowest BCUT2D eigenvalue weighted by Gasteiger charge is -2.03. The van der Waals surface area contributed by atoms with E-state index in [1.807, 2.05) is 24.3 Å². The van der Waals surface area contributed by atoms with Crippen LogP contribution < -0.4 is 4.72 Å². The standard InChI is InChI=1S/C16H14N4O3S/c1-17-24(22,23)9-6-7-11-10(8-9)14(16(21)20-11)15-18-12-4-2-3-5-13(12)19-15/h2-8,17,20-21H,1H3,(H,18,19). The SMILES string of the molecule is CNS(=O)(=O)c1ccc2[nH]c(O)c(-c3nc4ccccc4[nH]3)c2c1. The number of sulfonamides is 1. The van der Waals surface area contributed by atoms with Crippen LogP contribution in [0.15, 0.2) is 47.4 Å². The average molecular weight is 342 g/mol. The van der Waals surface area contributed by atoms with Gasteiger partial charge in [-0.05, 0) is 37.4 Å². The van der Waals surface area contributed by atoms with Gasteiger partial charge in [0.2, 0.25) is 15.9 Å². The Kier molecular flexibility index (Phi) is 3.12. The van der Waals surface area contributed by atoms with Crippen molar-refractivity contribution in [2.24, 2.45) is 0 Å². The van der Waals surface area contributed by atoms with Crippen molar-refractivity contribution in [3.63, 3.8) is 0 Å². The molecule has 0 aliphatic carbocycles. The summed E-state index contributed by atoms with van der Waals surface area (Å²) in [6.07, 6.45) is 0. The van der Waals surface area contributed by atoms with Gasteiger partial charge in [-0.1, -0.05) is 12.1 Å². The van der Waals surface area contributed by atoms with Gasteiger partial charge in [0.05, 0.1) is 21.5 Å². The van der Waals surface area contributed by atoms with E-state index in [0.717, 1.165) is 11.0 Å². The molecular formula is C16H14N4O3S. The quantitative estimate of drug-likeness (QED) is 0.458. The monoisotopic (exact) mass is 342 g/mol. The molecule has 0 spiro atoms. The van der Waals surface area contributed by atoms with Gasteiger partial charge < -0.3 is 15.1 Å². The van der Waals surface area contributed by atoms with Crippen molar-refractivity contribution in [3.8, 4) is 17.3 Å². The first-order valence-electron chi connectivity index (χ1n) is 7.23. The third-order valence-electron chi connectivity index (χ3n) is 3.96. The molecule has 0 atom stereocenters. The number of nitrogens with one attached hydrogen (secondary N) is 3. The minimum absolute atomic E-state index is 0.0666. The Morgan fingerprint density at radius 3 is 2.62 bits per heavy atom. The highest BCUT2D eigenvalue weighted by atomic mass is 32.2. The first kappa shape index (κ1) is 14.7. The van der Waals surface area contributed by atoms with Gasteiger partial charge in [-0.3, -0.25) is 0 Å². The van der Waals surface area contributed by atoms with Gasteiger partial charge in [0.1, 0.15) is 5.82 Å². The zero-order valence-corrected chi connectivity index (χ0v) is 13.5. The number of benzene rings is 2. The Balaban J connectivity index is 2.00. The number of para-hydroxylation sites is 2. The molecule has 24 heavy (non-hydrogen) atoms. The van der Waals surface area contributed by atoms with Crippen LogP contribution in [0.1, 0.15) is 0 Å². The molecule has 122 valence electrons. The first-order valence-corrected chi connectivity index (χ1v) is 8.71. The molecule has 8 heteroatoms. The molecule has 2 aromatic carbocycles. The number of aromatic hydroxyl groups is 1. The summed E-state index contributed by atoms with van der Waals surface area (Å²) in [5, 5.41) is 10.9. The summed E-state index contributed by atoms with van der Waals surface area (Å²) in [5.74, 6) is 0.405. The van der Waals surface area contributed by atoms with Crippen LogP contribution in [0.2, 0.25) is 0 Å². The van der Waals surface area contributed by atoms with E-state index < -0.39 is 10.0 Å². The Morgan fingerprint density at radius 1 is 1.08 bits per heavy atom. The highest BCUT2D eigenvalue weighted by molar-refractivity contribution is 7.89. The van der Waals surface area contributed by atoms with E-state index in [1.165, 1.54) is 19.2 Å². The summed E-state index contributed by atoms with van der Waals surface area (Å²) in [6, 6.07) is 12.1. The number of rotatable bonds is 3. The Labute approximate surface area is 137 Å². The summed E-state index contributed by atoms with van der Waals surface area (Å²) >= 11 is 0. The molecule has 0 saturated heterocycles. The number of aromatic amines is 2. The highest BCUT2D eigenvalue weighted by Crippen LogP contribution is 2.36. The summed E-state index contributed by atoms with van der Waals surface area (Å²) in [6.45, 7) is 0. The number of aromatic nitrogens is 3. The second-order valence-corrected chi connectivity index (χ2v) is 7.25. The van der Waals surface area contributed by atoms with Crippen molar-refractivity contribution in [1.29, 1.82) is 0 Å². The third kappa shape index (κ3) is 2.15. The van der Waals surface area contributed by atoms with E-state index in [1.54, 1.807) is 6.07 Å². The van der Waals surface area contributed by atoms with Gasteiger partial charge in [0.15, 0.2) is 0 Å². The first-order chi connectivity index (χ1) is 11.5. The summed E-state index contributed by atoms with van der Waals surface area (Å²) in [7, 11) is -2.22. The number of fused-ring (bicyclic) bond motifs is 2. The zero-order chi connectivity index (χ0) is 16.9. The topological polar surface area (TPSA) is 111 Å². The predicted molar refractivity (Wildman–Crippen MR) is 91.3 cm³/mol. The van der Waals surface area contributed by atoms with Crippen molar-refractivity contribution in [3.05, 3.63) is 42.5 Å². The predicted octanol–water partition coefficient (Wildman–Crippen LogP) is 2.32. The molecule has 2 heterocycles. The lowest BCUT2D eigenvalue weighted by Crippen LogP contribution is -2.18. The second kappa shape index (κ2) is 5.08. The van der Waals surface area contributed by atoms with E-state index in [2.05, 4.69) is 19.7 Å². The molecule has 0 aliphatic heterocycles. The van der Waals surface area contributed by atoms with E-state index in [9.17, 15) is 13.5 Å². The van der Waals surface area contributed by atoms with Gasteiger partial charge in [0.25, 0.3) is 0 Å². The minimum Gasteiger partial charge on any atom is -0.494 e. The van der Waals surface area contributed by atoms with Gasteiger partial charge in [-0.25, -0.2) is 18.1 Å². The van der Waals surface area contributed by atoms with E-state index in [4.69, 9.17) is 0 Å². The van der Waals surface area contributed by atoms with Crippen molar-refractivity contribution >= 4 is 32.0 Å². The van der Waals surface area contributed by atoms with Crippen LogP contribution >= 0.6 is 0 Å². The highest BCUT2D eigenvalue weighted by Gasteiger charge is 2.19. The van der Waals surface area contributed by atoms with Crippen molar-refractivity contribution < 1.29 is 13.5 Å². The molecule has 0 unspecified atom stereocenters. The molecule has 0 fully saturated rings. The molecule has 4 rings (SSSR count). The summed E-state index contributed by atoms with van der Waals surface area (Å²) in [5.41, 5.74) is 2.66. The van der Waals surface area contributed by atoms with Crippen LogP contribution in [0.3, 0.4) is 0 Å². The Morgan fingerprint density at radius 2 is 1.88 bits per heavy atom. The molecule has 0 bridgehead atoms. The van der Waals surface area contributed by atoms with Gasteiger partial charge >= 0.3 is 0 Å². The van der Waals surface area contributed by atoms with Crippen LogP contribution in [-0.4, -0.2) is 35.5 Å². The van der Waals surface area contributed by atoms with Gasteiger partial charge in [-0.15, -0.1) is 0 Å². The van der Waals surface area contributed by atoms with E-state index in [-0.39, 0.29) is 10.8 Å². The number of imidazole rings is 1. The number of nitrogens with zero attached hydrogens (tertiary/aromatic N) is 1. The fourth-order valence-electron chi connectivity index (χ4n) is 2.75. The molecule has 0 radical (unpaired) electrons. The second-order valence-electron chi connectivity index (χ2n) is 5.37. The fraction of sp³-hybridized carbons (Fsp3) is 0.0625. The van der Waals surface area contributed by atoms with Crippen LogP contribution in [-0.2, 0) is 10.0 Å². The number of hydrogen-bond acceptors (Lipinski definition) is 4. The Bertz CT molecular complexity index is 1140. The smallest absolute Gasteiger partial charge is 0.240 e. The minimum atomic E-state index is -3.58. The van der Waals surface area contributed by atoms with Crippen molar-refractivity contribution in [1.82, 2.24) is 19.7 Å².